The Morgan fingerprint density at radius 2 is 2.27 bits per heavy atom. The van der Waals surface area contributed by atoms with Crippen LogP contribution < -0.4 is 5.32 Å². The molecule has 1 aromatic carbocycles. The van der Waals surface area contributed by atoms with Crippen LogP contribution >= 0.6 is 15.9 Å². The fraction of sp³-hybridized carbons (Fsp3) is 0.455. The van der Waals surface area contributed by atoms with Crippen molar-refractivity contribution in [3.63, 3.8) is 0 Å². The van der Waals surface area contributed by atoms with Crippen LogP contribution in [0.2, 0.25) is 0 Å². The first kappa shape index (κ1) is 10.9. The van der Waals surface area contributed by atoms with Crippen LogP contribution in [0.25, 0.3) is 0 Å². The fourth-order valence-corrected chi connectivity index (χ4v) is 2.09. The summed E-state index contributed by atoms with van der Waals surface area (Å²) in [6.45, 7) is 4.29. The van der Waals surface area contributed by atoms with Gasteiger partial charge in [-0.2, -0.15) is 0 Å². The van der Waals surface area contributed by atoms with E-state index in [4.69, 9.17) is 4.74 Å². The molecule has 0 spiro atoms. The molecule has 0 fully saturated rings. The third-order valence-corrected chi connectivity index (χ3v) is 3.05. The van der Waals surface area contributed by atoms with Gasteiger partial charge in [0.1, 0.15) is 6.23 Å². The topological polar surface area (TPSA) is 41.5 Å². The highest BCUT2D eigenvalue weighted by atomic mass is 79.9. The number of fused-ring (bicyclic) bond motifs is 1. The molecule has 0 bridgehead atoms. The molecule has 1 heterocycles. The lowest BCUT2D eigenvalue weighted by atomic mass is 9.96. The Balaban J connectivity index is 2.51. The largest absolute Gasteiger partial charge is 0.371 e. The predicted octanol–water partition coefficient (Wildman–Crippen LogP) is 2.44. The normalized spacial score (nSPS) is 23.9. The molecule has 2 N–H and O–H groups in total. The van der Waals surface area contributed by atoms with Gasteiger partial charge in [0.2, 0.25) is 0 Å². The summed E-state index contributed by atoms with van der Waals surface area (Å²) in [6.07, 6.45) is -0.647. The van der Waals surface area contributed by atoms with E-state index in [1.807, 2.05) is 32.0 Å². The fourth-order valence-electron chi connectivity index (χ4n) is 1.73. The monoisotopic (exact) mass is 271 g/mol. The third kappa shape index (κ3) is 2.17. The van der Waals surface area contributed by atoms with Gasteiger partial charge in [-0.1, -0.05) is 15.9 Å². The van der Waals surface area contributed by atoms with E-state index in [1.165, 1.54) is 0 Å². The van der Waals surface area contributed by atoms with Gasteiger partial charge in [0.15, 0.2) is 0 Å². The summed E-state index contributed by atoms with van der Waals surface area (Å²) >= 11 is 3.44. The molecular formula is C11H14BrNO2. The second-order valence-electron chi connectivity index (χ2n) is 4.17. The second-order valence-corrected chi connectivity index (χ2v) is 5.09. The molecule has 1 aliphatic heterocycles. The van der Waals surface area contributed by atoms with Crippen LogP contribution in [0.5, 0.6) is 0 Å². The number of benzene rings is 1. The van der Waals surface area contributed by atoms with Crippen LogP contribution in [0.4, 0.5) is 5.69 Å². The van der Waals surface area contributed by atoms with Gasteiger partial charge < -0.3 is 15.2 Å². The lowest BCUT2D eigenvalue weighted by Crippen LogP contribution is -2.25. The Morgan fingerprint density at radius 3 is 3.00 bits per heavy atom. The van der Waals surface area contributed by atoms with Crippen LogP contribution in [0.15, 0.2) is 22.7 Å². The Labute approximate surface area is 97.6 Å². The number of rotatable bonds is 0. The van der Waals surface area contributed by atoms with Gasteiger partial charge >= 0.3 is 0 Å². The molecule has 0 saturated heterocycles. The lowest BCUT2D eigenvalue weighted by Gasteiger charge is -2.24. The Bertz CT molecular complexity index is 379. The molecule has 1 atom stereocenters. The van der Waals surface area contributed by atoms with Crippen LogP contribution in [0, 0.1) is 0 Å². The molecule has 82 valence electrons. The number of nitrogens with one attached hydrogen (secondary N) is 1. The van der Waals surface area contributed by atoms with E-state index in [1.54, 1.807) is 0 Å². The van der Waals surface area contributed by atoms with Crippen molar-refractivity contribution in [1.29, 1.82) is 0 Å². The van der Waals surface area contributed by atoms with Gasteiger partial charge in [0.05, 0.1) is 12.2 Å². The summed E-state index contributed by atoms with van der Waals surface area (Å²) in [6, 6.07) is 5.90. The van der Waals surface area contributed by atoms with Crippen molar-refractivity contribution >= 4 is 21.6 Å². The van der Waals surface area contributed by atoms with E-state index < -0.39 is 6.23 Å². The maximum Gasteiger partial charge on any atom is 0.148 e. The molecule has 0 amide bonds. The van der Waals surface area contributed by atoms with Gasteiger partial charge in [0, 0.05) is 15.7 Å². The highest BCUT2D eigenvalue weighted by molar-refractivity contribution is 9.10. The SMILES string of the molecule is CC1(C)OCC(O)Nc2ccc(Br)cc21. The highest BCUT2D eigenvalue weighted by Crippen LogP contribution is 2.35. The number of anilines is 1. The third-order valence-electron chi connectivity index (χ3n) is 2.55. The molecule has 1 aromatic rings. The number of aliphatic hydroxyl groups excluding tert-OH is 1. The number of hydrogen-bond acceptors (Lipinski definition) is 3. The summed E-state index contributed by atoms with van der Waals surface area (Å²) in [5.74, 6) is 0. The van der Waals surface area contributed by atoms with E-state index in [9.17, 15) is 5.11 Å². The molecule has 1 aliphatic rings. The lowest BCUT2D eigenvalue weighted by molar-refractivity contribution is -0.0507. The van der Waals surface area contributed by atoms with Crippen LogP contribution in [0.3, 0.4) is 0 Å². The first-order valence-corrected chi connectivity index (χ1v) is 5.67. The molecule has 1 unspecified atom stereocenters. The molecule has 0 saturated carbocycles. The van der Waals surface area contributed by atoms with Crippen LogP contribution in [-0.4, -0.2) is 17.9 Å². The number of hydrogen-bond donors (Lipinski definition) is 2. The molecule has 3 nitrogen and oxygen atoms in total. The number of aliphatic hydroxyl groups is 1. The van der Waals surface area contributed by atoms with Gasteiger partial charge in [-0.25, -0.2) is 0 Å². The molecule has 0 aromatic heterocycles. The number of halogens is 1. The predicted molar refractivity (Wildman–Crippen MR) is 62.7 cm³/mol. The molecule has 15 heavy (non-hydrogen) atoms. The summed E-state index contributed by atoms with van der Waals surface area (Å²) in [5.41, 5.74) is 1.59. The summed E-state index contributed by atoms with van der Waals surface area (Å²) in [4.78, 5) is 0. The Kier molecular flexibility index (Phi) is 2.75. The van der Waals surface area contributed by atoms with Crippen molar-refractivity contribution in [1.82, 2.24) is 0 Å². The average Bonchev–Trinajstić information content (AvgIpc) is 2.27. The first-order chi connectivity index (χ1) is 6.99. The van der Waals surface area contributed by atoms with E-state index in [-0.39, 0.29) is 5.60 Å². The Hall–Kier alpha value is -0.580. The Morgan fingerprint density at radius 1 is 1.53 bits per heavy atom. The van der Waals surface area contributed by atoms with Gasteiger partial charge in [0.25, 0.3) is 0 Å². The second kappa shape index (κ2) is 3.77. The van der Waals surface area contributed by atoms with E-state index in [2.05, 4.69) is 21.2 Å². The highest BCUT2D eigenvalue weighted by Gasteiger charge is 2.29. The molecule has 0 radical (unpaired) electrons. The zero-order valence-corrected chi connectivity index (χ0v) is 10.3. The van der Waals surface area contributed by atoms with E-state index in [0.717, 1.165) is 15.7 Å². The van der Waals surface area contributed by atoms with Crippen molar-refractivity contribution in [3.05, 3.63) is 28.2 Å². The quantitative estimate of drug-likeness (QED) is 0.762. The van der Waals surface area contributed by atoms with Crippen molar-refractivity contribution in [2.75, 3.05) is 11.9 Å². The maximum absolute atomic E-state index is 9.59. The summed E-state index contributed by atoms with van der Waals surface area (Å²) < 4.78 is 6.66. The standard InChI is InChI=1S/C11H14BrNO2/c1-11(2)8-5-7(12)3-4-9(8)13-10(14)6-15-11/h3-5,10,13-14H,6H2,1-2H3. The molecule has 2 rings (SSSR count). The van der Waals surface area contributed by atoms with Gasteiger partial charge in [-0.05, 0) is 32.0 Å². The van der Waals surface area contributed by atoms with Crippen molar-refractivity contribution < 1.29 is 9.84 Å². The van der Waals surface area contributed by atoms with E-state index in [0.29, 0.717) is 6.61 Å². The molecular weight excluding hydrogens is 258 g/mol. The smallest absolute Gasteiger partial charge is 0.148 e. The summed E-state index contributed by atoms with van der Waals surface area (Å²) in [5, 5.41) is 12.6. The van der Waals surface area contributed by atoms with Crippen molar-refractivity contribution in [2.45, 2.75) is 25.7 Å². The molecule has 0 aliphatic carbocycles. The average molecular weight is 272 g/mol. The molecule has 4 heteroatoms. The summed E-state index contributed by atoms with van der Waals surface area (Å²) in [7, 11) is 0. The van der Waals surface area contributed by atoms with Crippen LogP contribution in [-0.2, 0) is 10.3 Å². The minimum Gasteiger partial charge on any atom is -0.371 e. The number of ether oxygens (including phenoxy) is 1. The van der Waals surface area contributed by atoms with Crippen molar-refractivity contribution in [2.24, 2.45) is 0 Å². The van der Waals surface area contributed by atoms with Gasteiger partial charge in [-0.15, -0.1) is 0 Å². The van der Waals surface area contributed by atoms with E-state index >= 15 is 0 Å². The minimum atomic E-state index is -0.647. The minimum absolute atomic E-state index is 0.291. The maximum atomic E-state index is 9.59. The zero-order valence-electron chi connectivity index (χ0n) is 8.75. The van der Waals surface area contributed by atoms with Crippen molar-refractivity contribution in [3.8, 4) is 0 Å². The first-order valence-electron chi connectivity index (χ1n) is 4.87. The van der Waals surface area contributed by atoms with Gasteiger partial charge in [-0.3, -0.25) is 0 Å². The zero-order chi connectivity index (χ0) is 11.1. The van der Waals surface area contributed by atoms with Crippen LogP contribution in [0.1, 0.15) is 19.4 Å².